The summed E-state index contributed by atoms with van der Waals surface area (Å²) in [7, 11) is 1.93. The molecule has 0 unspecified atom stereocenters. The largest absolute Gasteiger partial charge is 0.485 e. The third kappa shape index (κ3) is 5.13. The summed E-state index contributed by atoms with van der Waals surface area (Å²) in [5.74, 6) is 0.488. The summed E-state index contributed by atoms with van der Waals surface area (Å²) in [4.78, 5) is 18.3. The minimum Gasteiger partial charge on any atom is -0.485 e. The highest BCUT2D eigenvalue weighted by atomic mass is 19.3. The molecule has 1 aromatic rings. The topological polar surface area (TPSA) is 54.5 Å². The lowest BCUT2D eigenvalue weighted by Gasteiger charge is -2.32. The van der Waals surface area contributed by atoms with Crippen LogP contribution in [-0.2, 0) is 0 Å². The number of nitrogens with one attached hydrogen (secondary N) is 1. The lowest BCUT2D eigenvalue weighted by molar-refractivity contribution is 0.0650. The van der Waals surface area contributed by atoms with Gasteiger partial charge >= 0.3 is 0 Å². The van der Waals surface area contributed by atoms with Gasteiger partial charge in [-0.05, 0) is 50.9 Å². The Morgan fingerprint density at radius 2 is 2.22 bits per heavy atom. The fourth-order valence-corrected chi connectivity index (χ4v) is 2.74. The molecule has 1 saturated heterocycles. The zero-order valence-corrected chi connectivity index (χ0v) is 13.3. The summed E-state index contributed by atoms with van der Waals surface area (Å²) in [6.45, 7) is 1.57. The predicted molar refractivity (Wildman–Crippen MR) is 82.9 cm³/mol. The molecule has 1 N–H and O–H groups in total. The first kappa shape index (κ1) is 17.6. The van der Waals surface area contributed by atoms with Crippen molar-refractivity contribution in [2.75, 3.05) is 33.3 Å². The smallest absolute Gasteiger partial charge is 0.276 e. The molecule has 1 aliphatic rings. The number of amides is 1. The van der Waals surface area contributed by atoms with Crippen molar-refractivity contribution >= 4 is 5.91 Å². The van der Waals surface area contributed by atoms with Crippen LogP contribution in [0, 0.1) is 5.92 Å². The molecule has 5 nitrogen and oxygen atoms in total. The second-order valence-electron chi connectivity index (χ2n) is 5.68. The molecule has 23 heavy (non-hydrogen) atoms. The van der Waals surface area contributed by atoms with Crippen LogP contribution in [0.4, 0.5) is 8.78 Å². The third-order valence-electron chi connectivity index (χ3n) is 4.04. The first-order valence-electron chi connectivity index (χ1n) is 7.91. The van der Waals surface area contributed by atoms with Crippen LogP contribution < -0.4 is 10.1 Å². The van der Waals surface area contributed by atoms with E-state index in [2.05, 4.69) is 10.3 Å². The number of nitrogens with zero attached hydrogens (tertiary/aromatic N) is 2. The summed E-state index contributed by atoms with van der Waals surface area (Å²) < 4.78 is 29.6. The summed E-state index contributed by atoms with van der Waals surface area (Å²) in [5, 5.41) is 3.14. The van der Waals surface area contributed by atoms with Crippen molar-refractivity contribution in [1.29, 1.82) is 0 Å². The van der Waals surface area contributed by atoms with E-state index in [-0.39, 0.29) is 17.4 Å². The zero-order valence-electron chi connectivity index (χ0n) is 13.3. The van der Waals surface area contributed by atoms with Crippen molar-refractivity contribution in [3.05, 3.63) is 24.0 Å². The molecule has 0 spiro atoms. The Bertz CT molecular complexity index is 506. The van der Waals surface area contributed by atoms with Gasteiger partial charge in [-0.1, -0.05) is 0 Å². The minimum atomic E-state index is -2.58. The zero-order chi connectivity index (χ0) is 16.7. The Kier molecular flexibility index (Phi) is 6.70. The van der Waals surface area contributed by atoms with Crippen molar-refractivity contribution in [3.8, 4) is 5.75 Å². The van der Waals surface area contributed by atoms with Gasteiger partial charge in [0, 0.05) is 19.3 Å². The molecular formula is C16H23F2N3O2. The second-order valence-corrected chi connectivity index (χ2v) is 5.68. The molecule has 0 radical (unpaired) electrons. The number of pyridine rings is 1. The first-order chi connectivity index (χ1) is 11.1. The van der Waals surface area contributed by atoms with E-state index >= 15 is 0 Å². The molecular weight excluding hydrogens is 304 g/mol. The van der Waals surface area contributed by atoms with E-state index in [1.807, 2.05) is 7.05 Å². The van der Waals surface area contributed by atoms with Crippen LogP contribution in [-0.4, -0.2) is 55.5 Å². The molecule has 1 aromatic heterocycles. The maximum atomic E-state index is 12.6. The number of aromatic nitrogens is 1. The van der Waals surface area contributed by atoms with Crippen LogP contribution >= 0.6 is 0 Å². The van der Waals surface area contributed by atoms with Gasteiger partial charge in [0.2, 0.25) is 0 Å². The fourth-order valence-electron chi connectivity index (χ4n) is 2.74. The molecule has 0 atom stereocenters. The van der Waals surface area contributed by atoms with Crippen molar-refractivity contribution in [2.45, 2.75) is 25.7 Å². The number of piperidine rings is 1. The van der Waals surface area contributed by atoms with Gasteiger partial charge in [0.25, 0.3) is 12.3 Å². The maximum Gasteiger partial charge on any atom is 0.276 e. The van der Waals surface area contributed by atoms with Gasteiger partial charge < -0.3 is 15.0 Å². The molecule has 0 bridgehead atoms. The van der Waals surface area contributed by atoms with Crippen LogP contribution in [0.5, 0.6) is 5.75 Å². The normalized spacial score (nSPS) is 15.9. The number of ether oxygens (including phenoxy) is 1. The molecule has 0 saturated carbocycles. The Balaban J connectivity index is 1.96. The SMILES string of the molecule is CNCCC1CCN(C(=O)c2ncccc2OCC(F)F)CC1. The molecule has 1 fully saturated rings. The molecule has 1 amide bonds. The minimum absolute atomic E-state index is 0.113. The molecule has 128 valence electrons. The van der Waals surface area contributed by atoms with Crippen LogP contribution in [0.25, 0.3) is 0 Å². The van der Waals surface area contributed by atoms with Crippen LogP contribution in [0.15, 0.2) is 18.3 Å². The summed E-state index contributed by atoms with van der Waals surface area (Å²) >= 11 is 0. The Morgan fingerprint density at radius 1 is 1.48 bits per heavy atom. The fraction of sp³-hybridized carbons (Fsp3) is 0.625. The van der Waals surface area contributed by atoms with Gasteiger partial charge in [0.05, 0.1) is 0 Å². The highest BCUT2D eigenvalue weighted by molar-refractivity contribution is 5.95. The van der Waals surface area contributed by atoms with E-state index in [0.29, 0.717) is 19.0 Å². The Labute approximate surface area is 135 Å². The molecule has 2 heterocycles. The molecule has 7 heteroatoms. The van der Waals surface area contributed by atoms with E-state index in [4.69, 9.17) is 4.74 Å². The van der Waals surface area contributed by atoms with Gasteiger partial charge in [0.15, 0.2) is 11.4 Å². The van der Waals surface area contributed by atoms with E-state index in [1.165, 1.54) is 12.3 Å². The summed E-state index contributed by atoms with van der Waals surface area (Å²) in [6, 6.07) is 3.07. The van der Waals surface area contributed by atoms with Crippen LogP contribution in [0.3, 0.4) is 0 Å². The van der Waals surface area contributed by atoms with Gasteiger partial charge in [-0.25, -0.2) is 13.8 Å². The maximum absolute atomic E-state index is 12.6. The van der Waals surface area contributed by atoms with E-state index in [1.54, 1.807) is 11.0 Å². The third-order valence-corrected chi connectivity index (χ3v) is 4.04. The van der Waals surface area contributed by atoms with E-state index < -0.39 is 13.0 Å². The highest BCUT2D eigenvalue weighted by Crippen LogP contribution is 2.24. The van der Waals surface area contributed by atoms with Gasteiger partial charge in [-0.15, -0.1) is 0 Å². The highest BCUT2D eigenvalue weighted by Gasteiger charge is 2.26. The number of likely N-dealkylation sites (tertiary alicyclic amines) is 1. The standard InChI is InChI=1S/C16H23F2N3O2/c1-19-8-4-12-5-9-21(10-6-12)16(22)15-13(3-2-7-20-15)23-11-14(17)18/h2-3,7,12,14,19H,4-6,8-11H2,1H3. The number of carbonyl (C=O) groups is 1. The van der Waals surface area contributed by atoms with Crippen molar-refractivity contribution in [3.63, 3.8) is 0 Å². The summed E-state index contributed by atoms with van der Waals surface area (Å²) in [6.07, 6.45) is 1.90. The first-order valence-corrected chi connectivity index (χ1v) is 7.91. The van der Waals surface area contributed by atoms with Crippen molar-refractivity contribution in [2.24, 2.45) is 5.92 Å². The van der Waals surface area contributed by atoms with Gasteiger partial charge in [0.1, 0.15) is 6.61 Å². The number of rotatable bonds is 7. The van der Waals surface area contributed by atoms with E-state index in [0.717, 1.165) is 25.8 Å². The van der Waals surface area contributed by atoms with Crippen LogP contribution in [0.2, 0.25) is 0 Å². The number of hydrogen-bond donors (Lipinski definition) is 1. The average molecular weight is 327 g/mol. The quantitative estimate of drug-likeness (QED) is 0.834. The average Bonchev–Trinajstić information content (AvgIpc) is 2.58. The Hall–Kier alpha value is -1.76. The number of carbonyl (C=O) groups excluding carboxylic acids is 1. The van der Waals surface area contributed by atoms with Crippen LogP contribution in [0.1, 0.15) is 29.8 Å². The van der Waals surface area contributed by atoms with Gasteiger partial charge in [-0.2, -0.15) is 0 Å². The summed E-state index contributed by atoms with van der Waals surface area (Å²) in [5.41, 5.74) is 0.113. The Morgan fingerprint density at radius 3 is 2.87 bits per heavy atom. The lowest BCUT2D eigenvalue weighted by Crippen LogP contribution is -2.39. The molecule has 0 aromatic carbocycles. The van der Waals surface area contributed by atoms with Crippen molar-refractivity contribution in [1.82, 2.24) is 15.2 Å². The number of halogens is 2. The van der Waals surface area contributed by atoms with E-state index in [9.17, 15) is 13.6 Å². The number of hydrogen-bond acceptors (Lipinski definition) is 4. The molecule has 0 aliphatic carbocycles. The second kappa shape index (κ2) is 8.76. The monoisotopic (exact) mass is 327 g/mol. The lowest BCUT2D eigenvalue weighted by atomic mass is 9.93. The van der Waals surface area contributed by atoms with Gasteiger partial charge in [-0.3, -0.25) is 4.79 Å². The molecule has 1 aliphatic heterocycles. The predicted octanol–water partition coefficient (Wildman–Crippen LogP) is 2.19. The number of alkyl halides is 2. The molecule has 2 rings (SSSR count). The van der Waals surface area contributed by atoms with Crippen molar-refractivity contribution < 1.29 is 18.3 Å².